The molecule has 3 rings (SSSR count). The van der Waals surface area contributed by atoms with Gasteiger partial charge in [0, 0.05) is 44.4 Å². The third-order valence-electron chi connectivity index (χ3n) is 12.6. The Kier molecular flexibility index (Phi) is 18.8. The topological polar surface area (TPSA) is 217 Å². The van der Waals surface area contributed by atoms with Crippen molar-refractivity contribution in [1.82, 2.24) is 4.90 Å². The molecule has 5 N–H and O–H groups in total. The summed E-state index contributed by atoms with van der Waals surface area (Å²) in [4.78, 5) is 21.8. The van der Waals surface area contributed by atoms with E-state index >= 15 is 0 Å². The number of nitrogens with zero attached hydrogens (tertiary/aromatic N) is 2. The fraction of sp³-hybridized carbons (Fsp3) is 0.951. The molecule has 17 heteroatoms. The number of aliphatic hydroxyl groups is 5. The minimum atomic E-state index is -1.97. The minimum Gasteiger partial charge on any atom is -0.459 e. The zero-order chi connectivity index (χ0) is 43.9. The molecular formula is C41H76N2O15. The van der Waals surface area contributed by atoms with Gasteiger partial charge >= 0.3 is 5.97 Å². The van der Waals surface area contributed by atoms with Gasteiger partial charge in [-0.2, -0.15) is 0 Å². The van der Waals surface area contributed by atoms with Crippen molar-refractivity contribution in [2.24, 2.45) is 28.8 Å². The van der Waals surface area contributed by atoms with Crippen LogP contribution in [0.25, 0.3) is 0 Å². The van der Waals surface area contributed by atoms with Crippen molar-refractivity contribution in [3.63, 3.8) is 0 Å². The van der Waals surface area contributed by atoms with Crippen molar-refractivity contribution in [3.05, 3.63) is 0 Å². The molecule has 340 valence electrons. The van der Waals surface area contributed by atoms with Crippen LogP contribution in [0.4, 0.5) is 0 Å². The monoisotopic (exact) mass is 837 g/mol. The number of oxime groups is 1. The van der Waals surface area contributed by atoms with Crippen LogP contribution in [0.2, 0.25) is 0 Å². The predicted molar refractivity (Wildman–Crippen MR) is 212 cm³/mol. The normalized spacial score (nSPS) is 45.8. The largest absolute Gasteiger partial charge is 0.459 e. The second kappa shape index (κ2) is 21.5. The van der Waals surface area contributed by atoms with Crippen LogP contribution >= 0.6 is 0 Å². The first-order valence-corrected chi connectivity index (χ1v) is 20.8. The molecule has 3 heterocycles. The van der Waals surface area contributed by atoms with Crippen LogP contribution in [-0.2, 0) is 47.5 Å². The molecule has 3 fully saturated rings. The number of methoxy groups -OCH3 is 2. The fourth-order valence-corrected chi connectivity index (χ4v) is 8.93. The third-order valence-corrected chi connectivity index (χ3v) is 12.6. The fourth-order valence-electron chi connectivity index (χ4n) is 8.93. The number of likely N-dealkylation sites (N-methyl/N-ethyl adjacent to an activating group) is 1. The number of aliphatic hydroxyl groups excluding tert-OH is 3. The highest BCUT2D eigenvalue weighted by Gasteiger charge is 2.53. The second-order valence-electron chi connectivity index (χ2n) is 17.7. The number of ether oxygens (including phenoxy) is 8. The van der Waals surface area contributed by atoms with Crippen LogP contribution in [0.1, 0.15) is 94.9 Å². The molecule has 58 heavy (non-hydrogen) atoms. The van der Waals surface area contributed by atoms with Gasteiger partial charge in [-0.05, 0) is 74.9 Å². The van der Waals surface area contributed by atoms with Crippen LogP contribution < -0.4 is 0 Å². The molecule has 0 radical (unpaired) electrons. The van der Waals surface area contributed by atoms with Crippen LogP contribution in [0, 0.1) is 23.7 Å². The summed E-state index contributed by atoms with van der Waals surface area (Å²) in [6.45, 7) is 17.3. The Morgan fingerprint density at radius 1 is 0.897 bits per heavy atom. The highest BCUT2D eigenvalue weighted by molar-refractivity contribution is 5.88. The van der Waals surface area contributed by atoms with Gasteiger partial charge in [-0.1, -0.05) is 32.9 Å². The first-order valence-electron chi connectivity index (χ1n) is 20.8. The van der Waals surface area contributed by atoms with Crippen molar-refractivity contribution >= 4 is 11.7 Å². The second-order valence-corrected chi connectivity index (χ2v) is 17.7. The minimum absolute atomic E-state index is 0.0307. The number of hydrogen-bond acceptors (Lipinski definition) is 17. The molecule has 0 bridgehead atoms. The average molecular weight is 837 g/mol. The predicted octanol–water partition coefficient (Wildman–Crippen LogP) is 2.21. The van der Waals surface area contributed by atoms with Gasteiger partial charge < -0.3 is 73.2 Å². The molecular weight excluding hydrogens is 760 g/mol. The maximum absolute atomic E-state index is 14.3. The molecule has 0 saturated carbocycles. The van der Waals surface area contributed by atoms with E-state index in [0.717, 1.165) is 0 Å². The molecule has 3 aliphatic heterocycles. The average Bonchev–Trinajstić information content (AvgIpc) is 3.15. The summed E-state index contributed by atoms with van der Waals surface area (Å²) in [5.41, 5.74) is -4.49. The van der Waals surface area contributed by atoms with Gasteiger partial charge in [-0.3, -0.25) is 4.79 Å². The van der Waals surface area contributed by atoms with Crippen LogP contribution in [0.3, 0.4) is 0 Å². The molecule has 18 atom stereocenters. The summed E-state index contributed by atoms with van der Waals surface area (Å²) < 4.78 is 48.1. The third kappa shape index (κ3) is 12.1. The molecule has 0 aliphatic carbocycles. The SMILES string of the molecule is CC[C@H]1OC(=O)[C@H](C)[C@@H](OC2CC(C)(OC)C(O)C(C)O2)[C@H](C)[C@@H](OC2OC(C)CC(N(C)C)C2O)[C@](C)(O)CC(C)C(=NOCOCCOC)[C@H](C)[C@@H](O)[C@]1(C)O. The number of carbonyl (C=O) groups is 1. The molecule has 3 aliphatic rings. The summed E-state index contributed by atoms with van der Waals surface area (Å²) in [6.07, 6.45) is -9.49. The zero-order valence-electron chi connectivity index (χ0n) is 37.3. The number of hydrogen-bond donors (Lipinski definition) is 5. The van der Waals surface area contributed by atoms with Crippen molar-refractivity contribution in [1.29, 1.82) is 0 Å². The molecule has 0 aromatic rings. The molecule has 0 amide bonds. The van der Waals surface area contributed by atoms with Gasteiger partial charge in [-0.15, -0.1) is 0 Å². The molecule has 0 aromatic heterocycles. The van der Waals surface area contributed by atoms with E-state index in [4.69, 9.17) is 42.7 Å². The van der Waals surface area contributed by atoms with Gasteiger partial charge in [0.25, 0.3) is 0 Å². The molecule has 0 spiro atoms. The van der Waals surface area contributed by atoms with E-state index in [1.54, 1.807) is 55.6 Å². The van der Waals surface area contributed by atoms with Gasteiger partial charge in [0.1, 0.15) is 23.9 Å². The summed E-state index contributed by atoms with van der Waals surface area (Å²) >= 11 is 0. The van der Waals surface area contributed by atoms with E-state index in [-0.39, 0.29) is 44.8 Å². The van der Waals surface area contributed by atoms with E-state index in [2.05, 4.69) is 5.16 Å². The van der Waals surface area contributed by atoms with E-state index < -0.39 is 102 Å². The lowest BCUT2D eigenvalue weighted by molar-refractivity contribution is -0.317. The maximum atomic E-state index is 14.3. The Labute approximate surface area is 345 Å². The number of carbonyl (C=O) groups excluding carboxylic acids is 1. The summed E-state index contributed by atoms with van der Waals surface area (Å²) in [5, 5.41) is 63.6. The van der Waals surface area contributed by atoms with E-state index in [0.29, 0.717) is 18.7 Å². The van der Waals surface area contributed by atoms with Crippen molar-refractivity contribution in [2.45, 2.75) is 179 Å². The first kappa shape index (κ1) is 50.8. The summed E-state index contributed by atoms with van der Waals surface area (Å²) in [5.74, 6) is -4.14. The van der Waals surface area contributed by atoms with Crippen molar-refractivity contribution in [3.8, 4) is 0 Å². The lowest BCUT2D eigenvalue weighted by Crippen LogP contribution is -2.61. The quantitative estimate of drug-likeness (QED) is 0.0778. The van der Waals surface area contributed by atoms with Gasteiger partial charge in [0.05, 0.1) is 66.6 Å². The standard InChI is InChI=1S/C41H76N2O15/c1-15-29-41(10,49)34(45)24(4)31(42-53-21-52-17-16-50-13)22(2)19-39(8,48)36(58-38-32(44)28(43(11)12)18-23(3)54-38)25(5)33(26(6)37(47)56-29)57-30-20-40(9,51-14)35(46)27(7)55-30/h22-30,32-36,38,44-46,48-49H,15-21H2,1-14H3/t22?,23?,24-,25-,26+,27?,28?,29+,30?,32?,33-,34+,35?,36+,38?,39+,40?,41+/m0/s1. The Morgan fingerprint density at radius 3 is 2.14 bits per heavy atom. The lowest BCUT2D eigenvalue weighted by Gasteiger charge is -2.49. The Bertz CT molecular complexity index is 1300. The van der Waals surface area contributed by atoms with Crippen LogP contribution in [-0.4, -0.2) is 175 Å². The smallest absolute Gasteiger partial charge is 0.311 e. The number of esters is 1. The summed E-state index contributed by atoms with van der Waals surface area (Å²) in [6, 6.07) is -0.328. The number of rotatable bonds is 13. The highest BCUT2D eigenvalue weighted by Crippen LogP contribution is 2.41. The molecule has 0 aromatic carbocycles. The summed E-state index contributed by atoms with van der Waals surface area (Å²) in [7, 11) is 6.76. The first-order chi connectivity index (χ1) is 27.0. The Hall–Kier alpha value is -1.58. The van der Waals surface area contributed by atoms with E-state index in [1.165, 1.54) is 14.0 Å². The molecule has 3 saturated heterocycles. The molecule has 9 unspecified atom stereocenters. The van der Waals surface area contributed by atoms with Gasteiger partial charge in [0.2, 0.25) is 6.79 Å². The highest BCUT2D eigenvalue weighted by atomic mass is 16.7. The van der Waals surface area contributed by atoms with Crippen LogP contribution in [0.5, 0.6) is 0 Å². The van der Waals surface area contributed by atoms with Crippen molar-refractivity contribution < 1.29 is 73.1 Å². The van der Waals surface area contributed by atoms with E-state index in [9.17, 15) is 30.3 Å². The lowest BCUT2D eigenvalue weighted by atomic mass is 9.73. The number of cyclic esters (lactones) is 1. The van der Waals surface area contributed by atoms with Crippen molar-refractivity contribution in [2.75, 3.05) is 48.3 Å². The van der Waals surface area contributed by atoms with Crippen LogP contribution in [0.15, 0.2) is 5.16 Å². The zero-order valence-corrected chi connectivity index (χ0v) is 37.3. The molecule has 17 nitrogen and oxygen atoms in total. The van der Waals surface area contributed by atoms with E-state index in [1.807, 2.05) is 32.8 Å². The Balaban J connectivity index is 2.22. The maximum Gasteiger partial charge on any atom is 0.311 e. The van der Waals surface area contributed by atoms with Gasteiger partial charge in [-0.25, -0.2) is 0 Å². The van der Waals surface area contributed by atoms with Gasteiger partial charge in [0.15, 0.2) is 12.6 Å². The Morgan fingerprint density at radius 2 is 1.55 bits per heavy atom.